The van der Waals surface area contributed by atoms with Crippen molar-refractivity contribution in [3.63, 3.8) is 0 Å². The van der Waals surface area contributed by atoms with Crippen molar-refractivity contribution in [1.29, 1.82) is 0 Å². The van der Waals surface area contributed by atoms with Gasteiger partial charge in [-0.3, -0.25) is 9.59 Å². The average Bonchev–Trinajstić information content (AvgIpc) is 2.29. The highest BCUT2D eigenvalue weighted by Crippen LogP contribution is 2.12. The minimum absolute atomic E-state index is 0.450. The van der Waals surface area contributed by atoms with Crippen LogP contribution in [-0.2, 0) is 16.0 Å². The molecule has 4 heteroatoms. The van der Waals surface area contributed by atoms with Gasteiger partial charge in [-0.1, -0.05) is 12.1 Å². The molecule has 0 saturated heterocycles. The van der Waals surface area contributed by atoms with Crippen molar-refractivity contribution in [2.45, 2.75) is 13.3 Å². The zero-order chi connectivity index (χ0) is 12.0. The number of carbonyl (C=O) groups excluding carboxylic acids is 2. The molecule has 0 aromatic heterocycles. The van der Waals surface area contributed by atoms with E-state index in [-0.39, 0.29) is 0 Å². The molecule has 4 nitrogen and oxygen atoms in total. The Morgan fingerprint density at radius 2 is 2.12 bits per heavy atom. The molecule has 86 valence electrons. The first-order chi connectivity index (χ1) is 7.63. The number of benzene rings is 1. The van der Waals surface area contributed by atoms with Crippen molar-refractivity contribution in [2.75, 3.05) is 13.7 Å². The molecule has 1 rings (SSSR count). The highest BCUT2D eigenvalue weighted by Gasteiger charge is 2.05. The van der Waals surface area contributed by atoms with Gasteiger partial charge in [0.1, 0.15) is 5.75 Å². The molecule has 0 atom stereocenters. The van der Waals surface area contributed by atoms with Gasteiger partial charge in [0.05, 0.1) is 7.11 Å². The third-order valence-electron chi connectivity index (χ3n) is 2.15. The minimum Gasteiger partial charge on any atom is -0.497 e. The second-order valence-electron chi connectivity index (χ2n) is 3.41. The van der Waals surface area contributed by atoms with Crippen molar-refractivity contribution in [3.05, 3.63) is 29.8 Å². The van der Waals surface area contributed by atoms with Crippen molar-refractivity contribution >= 4 is 11.7 Å². The molecule has 0 spiro atoms. The Kier molecular flexibility index (Phi) is 4.51. The van der Waals surface area contributed by atoms with Gasteiger partial charge in [0.2, 0.25) is 5.78 Å². The normalized spacial score (nSPS) is 9.62. The Bertz CT molecular complexity index is 388. The Morgan fingerprint density at radius 3 is 2.75 bits per heavy atom. The fourth-order valence-electron chi connectivity index (χ4n) is 1.27. The predicted octanol–water partition coefficient (Wildman–Crippen LogP) is 0.943. The Balaban J connectivity index is 2.42. The average molecular weight is 221 g/mol. The standard InChI is InChI=1S/C12H15NO3/c1-9(14)12(15)13-7-6-10-4-3-5-11(8-10)16-2/h3-5,8H,6-7H2,1-2H3,(H,13,15). The van der Waals surface area contributed by atoms with Gasteiger partial charge >= 0.3 is 0 Å². The van der Waals surface area contributed by atoms with Crippen LogP contribution in [0.2, 0.25) is 0 Å². The number of carbonyl (C=O) groups is 2. The van der Waals surface area contributed by atoms with Crippen LogP contribution in [0.5, 0.6) is 5.75 Å². The summed E-state index contributed by atoms with van der Waals surface area (Å²) in [5, 5.41) is 2.54. The second kappa shape index (κ2) is 5.90. The first-order valence-corrected chi connectivity index (χ1v) is 5.05. The molecular weight excluding hydrogens is 206 g/mol. The molecule has 1 aromatic rings. The van der Waals surface area contributed by atoms with E-state index < -0.39 is 11.7 Å². The lowest BCUT2D eigenvalue weighted by molar-refractivity contribution is -0.136. The van der Waals surface area contributed by atoms with Crippen LogP contribution in [0, 0.1) is 0 Å². The lowest BCUT2D eigenvalue weighted by Crippen LogP contribution is -2.30. The monoisotopic (exact) mass is 221 g/mol. The molecule has 1 amide bonds. The lowest BCUT2D eigenvalue weighted by Gasteiger charge is -2.05. The van der Waals surface area contributed by atoms with Gasteiger partial charge in [-0.2, -0.15) is 0 Å². The van der Waals surface area contributed by atoms with E-state index in [4.69, 9.17) is 4.74 Å². The number of nitrogens with one attached hydrogen (secondary N) is 1. The molecule has 0 fully saturated rings. The van der Waals surface area contributed by atoms with E-state index in [1.54, 1.807) is 7.11 Å². The van der Waals surface area contributed by atoms with E-state index in [0.717, 1.165) is 11.3 Å². The SMILES string of the molecule is COc1cccc(CCNC(=O)C(C)=O)c1. The number of hydrogen-bond donors (Lipinski definition) is 1. The van der Waals surface area contributed by atoms with Gasteiger partial charge in [0.15, 0.2) is 0 Å². The van der Waals surface area contributed by atoms with E-state index in [9.17, 15) is 9.59 Å². The Labute approximate surface area is 94.6 Å². The summed E-state index contributed by atoms with van der Waals surface area (Å²) >= 11 is 0. The fraction of sp³-hybridized carbons (Fsp3) is 0.333. The summed E-state index contributed by atoms with van der Waals surface area (Å²) in [7, 11) is 1.61. The molecule has 1 N–H and O–H groups in total. The van der Waals surface area contributed by atoms with Gasteiger partial charge in [-0.25, -0.2) is 0 Å². The summed E-state index contributed by atoms with van der Waals surface area (Å²) in [6.45, 7) is 1.70. The van der Waals surface area contributed by atoms with Crippen molar-refractivity contribution in [1.82, 2.24) is 5.32 Å². The molecule has 0 bridgehead atoms. The van der Waals surface area contributed by atoms with E-state index in [1.165, 1.54) is 6.92 Å². The van der Waals surface area contributed by atoms with Crippen LogP contribution in [0.15, 0.2) is 24.3 Å². The number of ketones is 1. The highest BCUT2D eigenvalue weighted by molar-refractivity contribution is 6.35. The van der Waals surface area contributed by atoms with E-state index >= 15 is 0 Å². The number of amides is 1. The molecule has 1 aromatic carbocycles. The van der Waals surface area contributed by atoms with Gasteiger partial charge in [-0.15, -0.1) is 0 Å². The molecule has 0 radical (unpaired) electrons. The summed E-state index contributed by atoms with van der Waals surface area (Å²) in [5.74, 6) is -0.219. The number of ether oxygens (including phenoxy) is 1. The number of rotatable bonds is 5. The molecule has 0 heterocycles. The topological polar surface area (TPSA) is 55.4 Å². The maximum Gasteiger partial charge on any atom is 0.287 e. The summed E-state index contributed by atoms with van der Waals surface area (Å²) in [6.07, 6.45) is 0.677. The minimum atomic E-state index is -0.539. The third kappa shape index (κ3) is 3.73. The van der Waals surface area contributed by atoms with Crippen LogP contribution in [-0.4, -0.2) is 25.3 Å². The first kappa shape index (κ1) is 12.2. The van der Waals surface area contributed by atoms with Gasteiger partial charge in [0.25, 0.3) is 5.91 Å². The first-order valence-electron chi connectivity index (χ1n) is 5.05. The lowest BCUT2D eigenvalue weighted by atomic mass is 10.1. The van der Waals surface area contributed by atoms with Gasteiger partial charge < -0.3 is 10.1 Å². The van der Waals surface area contributed by atoms with Crippen LogP contribution in [0.25, 0.3) is 0 Å². The summed E-state index contributed by atoms with van der Waals surface area (Å²) in [6, 6.07) is 7.60. The molecule has 0 aliphatic carbocycles. The smallest absolute Gasteiger partial charge is 0.287 e. The van der Waals surface area contributed by atoms with E-state index in [2.05, 4.69) is 5.32 Å². The second-order valence-corrected chi connectivity index (χ2v) is 3.41. The molecule has 0 saturated carbocycles. The third-order valence-corrected chi connectivity index (χ3v) is 2.15. The number of methoxy groups -OCH3 is 1. The maximum atomic E-state index is 11.0. The largest absolute Gasteiger partial charge is 0.497 e. The predicted molar refractivity (Wildman–Crippen MR) is 60.4 cm³/mol. The number of hydrogen-bond acceptors (Lipinski definition) is 3. The highest BCUT2D eigenvalue weighted by atomic mass is 16.5. The Morgan fingerprint density at radius 1 is 1.38 bits per heavy atom. The van der Waals surface area contributed by atoms with Gasteiger partial charge in [-0.05, 0) is 24.1 Å². The van der Waals surface area contributed by atoms with Crippen LogP contribution >= 0.6 is 0 Å². The maximum absolute atomic E-state index is 11.0. The van der Waals surface area contributed by atoms with E-state index in [1.807, 2.05) is 24.3 Å². The van der Waals surface area contributed by atoms with Gasteiger partial charge in [0, 0.05) is 13.5 Å². The van der Waals surface area contributed by atoms with Crippen LogP contribution in [0.1, 0.15) is 12.5 Å². The quantitative estimate of drug-likeness (QED) is 0.753. The van der Waals surface area contributed by atoms with Crippen LogP contribution < -0.4 is 10.1 Å². The van der Waals surface area contributed by atoms with Crippen molar-refractivity contribution in [3.8, 4) is 5.75 Å². The van der Waals surface area contributed by atoms with Crippen LogP contribution in [0.3, 0.4) is 0 Å². The number of Topliss-reactive ketones (excluding diaryl/α,β-unsaturated/α-hetero) is 1. The Hall–Kier alpha value is -1.84. The molecule has 0 aliphatic heterocycles. The summed E-state index contributed by atoms with van der Waals surface area (Å²) < 4.78 is 5.08. The summed E-state index contributed by atoms with van der Waals surface area (Å²) in [5.41, 5.74) is 1.06. The van der Waals surface area contributed by atoms with Crippen LogP contribution in [0.4, 0.5) is 0 Å². The zero-order valence-electron chi connectivity index (χ0n) is 9.45. The molecule has 0 unspecified atom stereocenters. The van der Waals surface area contributed by atoms with Crippen molar-refractivity contribution in [2.24, 2.45) is 0 Å². The van der Waals surface area contributed by atoms with E-state index in [0.29, 0.717) is 13.0 Å². The summed E-state index contributed by atoms with van der Waals surface area (Å²) in [4.78, 5) is 21.6. The molecule has 16 heavy (non-hydrogen) atoms. The zero-order valence-corrected chi connectivity index (χ0v) is 9.45. The fourth-order valence-corrected chi connectivity index (χ4v) is 1.27. The molecular formula is C12H15NO3. The van der Waals surface area contributed by atoms with Crippen molar-refractivity contribution < 1.29 is 14.3 Å². The molecule has 0 aliphatic rings.